The van der Waals surface area contributed by atoms with Gasteiger partial charge in [0.25, 0.3) is 11.5 Å². The quantitative estimate of drug-likeness (QED) is 0.299. The van der Waals surface area contributed by atoms with Gasteiger partial charge in [0.2, 0.25) is 0 Å². The molecule has 0 saturated carbocycles. The smallest absolute Gasteiger partial charge is 0.269 e. The van der Waals surface area contributed by atoms with Crippen molar-refractivity contribution in [2.75, 3.05) is 20.3 Å². The van der Waals surface area contributed by atoms with E-state index in [-0.39, 0.29) is 11.3 Å². The lowest BCUT2D eigenvalue weighted by atomic mass is 9.95. The Morgan fingerprint density at radius 1 is 1.00 bits per heavy atom. The van der Waals surface area contributed by atoms with Crippen LogP contribution in [-0.4, -0.2) is 45.7 Å². The van der Waals surface area contributed by atoms with Gasteiger partial charge < -0.3 is 20.2 Å². The number of aromatic amines is 1. The first kappa shape index (κ1) is 24.3. The van der Waals surface area contributed by atoms with Crippen molar-refractivity contribution in [3.63, 3.8) is 0 Å². The molecule has 0 aliphatic rings. The summed E-state index contributed by atoms with van der Waals surface area (Å²) in [6, 6.07) is 18.7. The number of benzene rings is 3. The third-order valence-electron chi connectivity index (χ3n) is 6.91. The number of amides is 1. The average Bonchev–Trinajstić information content (AvgIpc) is 3.32. The molecule has 0 spiro atoms. The minimum Gasteiger partial charge on any atom is -0.491 e. The fourth-order valence-corrected chi connectivity index (χ4v) is 5.03. The summed E-state index contributed by atoms with van der Waals surface area (Å²) in [5.74, 6) is 0.0385. The van der Waals surface area contributed by atoms with Gasteiger partial charge in [0.1, 0.15) is 18.7 Å². The van der Waals surface area contributed by atoms with Crippen molar-refractivity contribution in [2.24, 2.45) is 5.73 Å². The Labute approximate surface area is 222 Å². The summed E-state index contributed by atoms with van der Waals surface area (Å²) < 4.78 is 12.4. The van der Waals surface area contributed by atoms with Crippen LogP contribution >= 0.6 is 0 Å². The van der Waals surface area contributed by atoms with Gasteiger partial charge in [-0.3, -0.25) is 14.2 Å². The first-order chi connectivity index (χ1) is 19.0. The van der Waals surface area contributed by atoms with Gasteiger partial charge in [-0.25, -0.2) is 9.97 Å². The lowest BCUT2D eigenvalue weighted by Gasteiger charge is -2.15. The molecule has 0 aliphatic heterocycles. The van der Waals surface area contributed by atoms with Crippen LogP contribution in [0.15, 0.2) is 78.0 Å². The molecule has 39 heavy (non-hydrogen) atoms. The average molecular weight is 520 g/mol. The Bertz CT molecular complexity index is 1960. The maximum atomic E-state index is 13.4. The molecule has 3 N–H and O–H groups in total. The molecule has 0 fully saturated rings. The van der Waals surface area contributed by atoms with Gasteiger partial charge in [-0.05, 0) is 48.4 Å². The number of carbonyl (C=O) groups excluding carboxylic acids is 1. The SMILES string of the molecule is COCCOc1ccc2c(c1)[nH]c1c(C(N)=O)ncc(-c3cccc(-n4cnc5ccccc5c4=O)c3C)c12. The molecule has 0 bridgehead atoms. The second-order valence-electron chi connectivity index (χ2n) is 9.19. The summed E-state index contributed by atoms with van der Waals surface area (Å²) in [6.07, 6.45) is 3.21. The van der Waals surface area contributed by atoms with Crippen molar-refractivity contribution >= 4 is 38.6 Å². The number of rotatable bonds is 7. The van der Waals surface area contributed by atoms with Gasteiger partial charge in [-0.1, -0.05) is 24.3 Å². The van der Waals surface area contributed by atoms with Crippen LogP contribution < -0.4 is 16.0 Å². The molecule has 9 heteroatoms. The van der Waals surface area contributed by atoms with Gasteiger partial charge in [0.05, 0.1) is 34.2 Å². The molecule has 3 aromatic carbocycles. The Balaban J connectivity index is 1.56. The highest BCUT2D eigenvalue weighted by Crippen LogP contribution is 2.38. The van der Waals surface area contributed by atoms with Crippen molar-refractivity contribution in [3.8, 4) is 22.6 Å². The van der Waals surface area contributed by atoms with Crippen molar-refractivity contribution < 1.29 is 14.3 Å². The van der Waals surface area contributed by atoms with Crippen LogP contribution in [0, 0.1) is 6.92 Å². The Morgan fingerprint density at radius 2 is 1.85 bits per heavy atom. The Hall–Kier alpha value is -5.02. The van der Waals surface area contributed by atoms with E-state index in [1.807, 2.05) is 61.5 Å². The minimum absolute atomic E-state index is 0.149. The topological polar surface area (TPSA) is 125 Å². The van der Waals surface area contributed by atoms with Crippen LogP contribution in [0.2, 0.25) is 0 Å². The number of para-hydroxylation sites is 1. The molecule has 6 rings (SSSR count). The summed E-state index contributed by atoms with van der Waals surface area (Å²) >= 11 is 0. The second-order valence-corrected chi connectivity index (χ2v) is 9.19. The van der Waals surface area contributed by atoms with E-state index in [9.17, 15) is 9.59 Å². The maximum absolute atomic E-state index is 13.4. The van der Waals surface area contributed by atoms with Crippen LogP contribution in [0.4, 0.5) is 0 Å². The summed E-state index contributed by atoms with van der Waals surface area (Å²) in [4.78, 5) is 37.9. The van der Waals surface area contributed by atoms with Gasteiger partial charge in [0, 0.05) is 35.7 Å². The van der Waals surface area contributed by atoms with Crippen LogP contribution in [0.3, 0.4) is 0 Å². The van der Waals surface area contributed by atoms with E-state index in [1.54, 1.807) is 30.3 Å². The zero-order valence-corrected chi connectivity index (χ0v) is 21.4. The molecular weight excluding hydrogens is 494 g/mol. The number of ether oxygens (including phenoxy) is 2. The van der Waals surface area contributed by atoms with E-state index in [0.29, 0.717) is 41.1 Å². The third kappa shape index (κ3) is 4.09. The zero-order chi connectivity index (χ0) is 27.1. The van der Waals surface area contributed by atoms with Crippen molar-refractivity contribution in [1.29, 1.82) is 0 Å². The van der Waals surface area contributed by atoms with Gasteiger partial charge >= 0.3 is 0 Å². The predicted molar refractivity (Wildman–Crippen MR) is 151 cm³/mol. The van der Waals surface area contributed by atoms with Gasteiger partial charge in [0.15, 0.2) is 5.69 Å². The molecule has 1 amide bonds. The number of aromatic nitrogens is 4. The van der Waals surface area contributed by atoms with E-state index in [1.165, 1.54) is 0 Å². The van der Waals surface area contributed by atoms with Crippen LogP contribution in [0.1, 0.15) is 16.1 Å². The number of hydrogen-bond donors (Lipinski definition) is 2. The number of fused-ring (bicyclic) bond motifs is 4. The Kier molecular flexibility index (Phi) is 6.05. The standard InChI is InChI=1S/C30H25N5O4/c1-17-19(7-5-9-25(17)35-16-33-23-8-4-3-6-21(23)30(35)37)22-15-32-28(29(31)36)27-26(22)20-11-10-18(14-24(20)34-27)39-13-12-38-2/h3-11,14-16,34H,12-13H2,1-2H3,(H2,31,36). The molecule has 6 aromatic rings. The molecule has 0 saturated heterocycles. The lowest BCUT2D eigenvalue weighted by molar-refractivity contribution is 0.0997. The molecule has 0 radical (unpaired) electrons. The molecule has 9 nitrogen and oxygen atoms in total. The lowest BCUT2D eigenvalue weighted by Crippen LogP contribution is -2.19. The van der Waals surface area contributed by atoms with E-state index >= 15 is 0 Å². The normalized spacial score (nSPS) is 11.4. The molecule has 0 atom stereocenters. The van der Waals surface area contributed by atoms with Gasteiger partial charge in [-0.2, -0.15) is 0 Å². The van der Waals surface area contributed by atoms with Crippen molar-refractivity contribution in [2.45, 2.75) is 6.92 Å². The summed E-state index contributed by atoms with van der Waals surface area (Å²) in [6.45, 7) is 2.84. The highest BCUT2D eigenvalue weighted by molar-refractivity contribution is 6.19. The number of H-pyrrole nitrogens is 1. The van der Waals surface area contributed by atoms with E-state index in [4.69, 9.17) is 15.2 Å². The van der Waals surface area contributed by atoms with E-state index < -0.39 is 5.91 Å². The third-order valence-corrected chi connectivity index (χ3v) is 6.91. The van der Waals surface area contributed by atoms with Crippen LogP contribution in [0.25, 0.3) is 49.5 Å². The first-order valence-electron chi connectivity index (χ1n) is 12.4. The summed E-state index contributed by atoms with van der Waals surface area (Å²) in [7, 11) is 1.62. The minimum atomic E-state index is -0.631. The summed E-state index contributed by atoms with van der Waals surface area (Å²) in [5.41, 5.74) is 10.9. The molecule has 194 valence electrons. The fourth-order valence-electron chi connectivity index (χ4n) is 5.03. The molecule has 3 heterocycles. The van der Waals surface area contributed by atoms with E-state index in [0.717, 1.165) is 33.0 Å². The van der Waals surface area contributed by atoms with Crippen molar-refractivity contribution in [3.05, 3.63) is 94.8 Å². The molecule has 3 aromatic heterocycles. The molecular formula is C30H25N5O4. The predicted octanol–water partition coefficient (Wildman–Crippen LogP) is 4.51. The zero-order valence-electron chi connectivity index (χ0n) is 21.4. The number of primary amides is 1. The number of pyridine rings is 1. The summed E-state index contributed by atoms with van der Waals surface area (Å²) in [5, 5.41) is 2.24. The van der Waals surface area contributed by atoms with Crippen LogP contribution in [-0.2, 0) is 4.74 Å². The Morgan fingerprint density at radius 3 is 2.67 bits per heavy atom. The number of nitrogens with zero attached hydrogens (tertiary/aromatic N) is 3. The number of hydrogen-bond acceptors (Lipinski definition) is 6. The van der Waals surface area contributed by atoms with Crippen LogP contribution in [0.5, 0.6) is 5.75 Å². The monoisotopic (exact) mass is 519 g/mol. The largest absolute Gasteiger partial charge is 0.491 e. The highest BCUT2D eigenvalue weighted by Gasteiger charge is 2.20. The molecule has 0 aliphatic carbocycles. The first-order valence-corrected chi connectivity index (χ1v) is 12.4. The number of methoxy groups -OCH3 is 1. The maximum Gasteiger partial charge on any atom is 0.269 e. The van der Waals surface area contributed by atoms with Gasteiger partial charge in [-0.15, -0.1) is 0 Å². The second kappa shape index (κ2) is 9.70. The number of carbonyl (C=O) groups is 1. The van der Waals surface area contributed by atoms with Crippen molar-refractivity contribution in [1.82, 2.24) is 19.5 Å². The molecule has 0 unspecified atom stereocenters. The number of nitrogens with two attached hydrogens (primary N) is 1. The highest BCUT2D eigenvalue weighted by atomic mass is 16.5. The number of nitrogens with one attached hydrogen (secondary N) is 1. The van der Waals surface area contributed by atoms with E-state index in [2.05, 4.69) is 15.0 Å². The fraction of sp³-hybridized carbons (Fsp3) is 0.133.